The van der Waals surface area contributed by atoms with Crippen molar-refractivity contribution in [2.24, 2.45) is 0 Å². The number of aryl methyl sites for hydroxylation is 1. The van der Waals surface area contributed by atoms with Crippen LogP contribution in [0.25, 0.3) is 0 Å². The first kappa shape index (κ1) is 33.4. The Balaban J connectivity index is 1.83. The van der Waals surface area contributed by atoms with Gasteiger partial charge >= 0.3 is 18.1 Å². The molecule has 0 aliphatic heterocycles. The predicted octanol–water partition coefficient (Wildman–Crippen LogP) is 5.29. The first-order chi connectivity index (χ1) is 19.5. The average Bonchev–Trinajstić information content (AvgIpc) is 2.92. The van der Waals surface area contributed by atoms with Gasteiger partial charge in [-0.1, -0.05) is 48.9 Å². The third-order valence-electron chi connectivity index (χ3n) is 5.78. The summed E-state index contributed by atoms with van der Waals surface area (Å²) in [5.41, 5.74) is 1.93. The van der Waals surface area contributed by atoms with E-state index < -0.39 is 17.7 Å². The monoisotopic (exact) mass is 588 g/mol. The summed E-state index contributed by atoms with van der Waals surface area (Å²) < 4.78 is 10.5. The van der Waals surface area contributed by atoms with Gasteiger partial charge in [0, 0.05) is 36.8 Å². The maximum Gasteiger partial charge on any atom is 0.411 e. The molecule has 0 aliphatic rings. The summed E-state index contributed by atoms with van der Waals surface area (Å²) in [4.78, 5) is 50.6. The Bertz CT molecular complexity index is 1150. The Morgan fingerprint density at radius 2 is 1.63 bits per heavy atom. The van der Waals surface area contributed by atoms with E-state index in [1.165, 1.54) is 4.90 Å². The van der Waals surface area contributed by atoms with Crippen molar-refractivity contribution in [2.45, 2.75) is 65.5 Å². The van der Waals surface area contributed by atoms with Crippen LogP contribution in [0.1, 0.15) is 58.1 Å². The molecule has 0 radical (unpaired) electrons. The Labute approximate surface area is 247 Å². The first-order valence-electron chi connectivity index (χ1n) is 13.7. The number of hydrogen-bond donors (Lipinski definition) is 3. The molecular weight excluding hydrogens is 548 g/mol. The van der Waals surface area contributed by atoms with Gasteiger partial charge in [-0.05, 0) is 62.9 Å². The zero-order valence-corrected chi connectivity index (χ0v) is 25.0. The topological polar surface area (TPSA) is 126 Å². The molecule has 0 aromatic heterocycles. The molecular formula is C30H41ClN4O6. The molecule has 0 heterocycles. The van der Waals surface area contributed by atoms with Gasteiger partial charge in [-0.2, -0.15) is 0 Å². The third kappa shape index (κ3) is 13.9. The van der Waals surface area contributed by atoms with Crippen molar-refractivity contribution >= 4 is 41.3 Å². The zero-order valence-electron chi connectivity index (χ0n) is 24.3. The Hall–Kier alpha value is -3.79. The van der Waals surface area contributed by atoms with Gasteiger partial charge in [0.15, 0.2) is 0 Å². The van der Waals surface area contributed by atoms with Gasteiger partial charge in [-0.3, -0.25) is 14.9 Å². The number of amides is 4. The second kappa shape index (κ2) is 17.1. The number of nitrogens with zero attached hydrogens (tertiary/aromatic N) is 1. The number of halogens is 1. The smallest absolute Gasteiger partial charge is 0.411 e. The highest BCUT2D eigenvalue weighted by molar-refractivity contribution is 6.31. The van der Waals surface area contributed by atoms with Crippen LogP contribution in [0.15, 0.2) is 48.5 Å². The average molecular weight is 589 g/mol. The van der Waals surface area contributed by atoms with Crippen LogP contribution < -0.4 is 16.0 Å². The van der Waals surface area contributed by atoms with Gasteiger partial charge in [0.05, 0.1) is 13.0 Å². The van der Waals surface area contributed by atoms with Gasteiger partial charge in [0.25, 0.3) is 0 Å². The van der Waals surface area contributed by atoms with Crippen LogP contribution in [0.4, 0.5) is 15.3 Å². The fraction of sp³-hybridized carbons (Fsp3) is 0.467. The van der Waals surface area contributed by atoms with Gasteiger partial charge in [-0.15, -0.1) is 0 Å². The number of nitrogens with one attached hydrogen (secondary N) is 3. The van der Waals surface area contributed by atoms with E-state index in [0.29, 0.717) is 30.2 Å². The molecule has 0 fully saturated rings. The number of esters is 1. The van der Waals surface area contributed by atoms with Crippen LogP contribution in [0.3, 0.4) is 0 Å². The van der Waals surface area contributed by atoms with E-state index in [0.717, 1.165) is 17.5 Å². The molecule has 10 nitrogen and oxygen atoms in total. The molecule has 0 atom stereocenters. The van der Waals surface area contributed by atoms with Crippen molar-refractivity contribution in [3.63, 3.8) is 0 Å². The highest BCUT2D eigenvalue weighted by atomic mass is 35.5. The van der Waals surface area contributed by atoms with Crippen molar-refractivity contribution < 1.29 is 28.7 Å². The van der Waals surface area contributed by atoms with Crippen LogP contribution in [-0.4, -0.2) is 60.7 Å². The highest BCUT2D eigenvalue weighted by Crippen LogP contribution is 2.15. The number of carbonyl (C=O) groups excluding carboxylic acids is 4. The summed E-state index contributed by atoms with van der Waals surface area (Å²) in [6.07, 6.45) is 0.730. The molecule has 0 saturated carbocycles. The highest BCUT2D eigenvalue weighted by Gasteiger charge is 2.18. The standard InChI is InChI=1S/C30H41ClN4O6/c1-5-22-11-13-24(14-12-22)34-29(39)40-20-19-35(28(38)33-21-23-9-6-7-10-25(23)31)18-8-17-32-26(36)15-16-27(37)41-30(2,3)4/h6-7,9-14H,5,8,15-21H2,1-4H3,(H,32,36)(H,33,38)(H,34,39). The molecule has 11 heteroatoms. The van der Waals surface area contributed by atoms with E-state index in [9.17, 15) is 19.2 Å². The summed E-state index contributed by atoms with van der Waals surface area (Å²) in [5.74, 6) is -0.714. The Morgan fingerprint density at radius 3 is 2.29 bits per heavy atom. The van der Waals surface area contributed by atoms with Crippen molar-refractivity contribution in [3.05, 3.63) is 64.7 Å². The number of anilines is 1. The van der Waals surface area contributed by atoms with Gasteiger partial charge in [-0.25, -0.2) is 9.59 Å². The number of benzene rings is 2. The minimum atomic E-state index is -0.622. The molecule has 224 valence electrons. The fourth-order valence-corrected chi connectivity index (χ4v) is 3.86. The van der Waals surface area contributed by atoms with E-state index in [-0.39, 0.29) is 44.5 Å². The van der Waals surface area contributed by atoms with E-state index in [4.69, 9.17) is 21.1 Å². The molecule has 0 aliphatic carbocycles. The van der Waals surface area contributed by atoms with Crippen molar-refractivity contribution in [1.82, 2.24) is 15.5 Å². The van der Waals surface area contributed by atoms with Crippen molar-refractivity contribution in [1.29, 1.82) is 0 Å². The second-order valence-electron chi connectivity index (χ2n) is 10.3. The van der Waals surface area contributed by atoms with Crippen LogP contribution in [0, 0.1) is 0 Å². The third-order valence-corrected chi connectivity index (χ3v) is 6.15. The molecule has 41 heavy (non-hydrogen) atoms. The van der Waals surface area contributed by atoms with Gasteiger partial charge in [0.1, 0.15) is 12.2 Å². The van der Waals surface area contributed by atoms with Crippen molar-refractivity contribution in [3.8, 4) is 0 Å². The lowest BCUT2D eigenvalue weighted by molar-refractivity contribution is -0.155. The normalized spacial score (nSPS) is 10.9. The Morgan fingerprint density at radius 1 is 0.927 bits per heavy atom. The molecule has 0 bridgehead atoms. The maximum absolute atomic E-state index is 13.0. The van der Waals surface area contributed by atoms with E-state index in [2.05, 4.69) is 16.0 Å². The lowest BCUT2D eigenvalue weighted by atomic mass is 10.1. The van der Waals surface area contributed by atoms with Crippen LogP contribution in [0.5, 0.6) is 0 Å². The lowest BCUT2D eigenvalue weighted by Crippen LogP contribution is -2.43. The fourth-order valence-electron chi connectivity index (χ4n) is 3.66. The minimum absolute atomic E-state index is 0.0121. The summed E-state index contributed by atoms with van der Waals surface area (Å²) >= 11 is 6.20. The quantitative estimate of drug-likeness (QED) is 0.203. The Kier molecular flexibility index (Phi) is 14.0. The van der Waals surface area contributed by atoms with Crippen LogP contribution in [-0.2, 0) is 32.0 Å². The van der Waals surface area contributed by atoms with E-state index in [1.54, 1.807) is 39.0 Å². The SMILES string of the molecule is CCc1ccc(NC(=O)OCCN(CCCNC(=O)CCC(=O)OC(C)(C)C)C(=O)NCc2ccccc2Cl)cc1. The number of ether oxygens (including phenoxy) is 2. The molecule has 0 saturated heterocycles. The summed E-state index contributed by atoms with van der Waals surface area (Å²) in [6, 6.07) is 14.3. The zero-order chi connectivity index (χ0) is 30.3. The predicted molar refractivity (Wildman–Crippen MR) is 159 cm³/mol. The molecule has 2 aromatic carbocycles. The largest absolute Gasteiger partial charge is 0.460 e. The molecule has 3 N–H and O–H groups in total. The van der Waals surface area contributed by atoms with E-state index in [1.807, 2.05) is 37.3 Å². The summed E-state index contributed by atoms with van der Waals surface area (Å²) in [7, 11) is 0. The number of carbonyl (C=O) groups is 4. The van der Waals surface area contributed by atoms with Crippen LogP contribution >= 0.6 is 11.6 Å². The summed E-state index contributed by atoms with van der Waals surface area (Å²) in [5, 5.41) is 8.80. The summed E-state index contributed by atoms with van der Waals surface area (Å²) in [6.45, 7) is 8.29. The molecule has 2 aromatic rings. The number of rotatable bonds is 14. The molecule has 0 unspecified atom stereocenters. The molecule has 4 amide bonds. The second-order valence-corrected chi connectivity index (χ2v) is 10.7. The number of urea groups is 1. The van der Waals surface area contributed by atoms with Crippen LogP contribution in [0.2, 0.25) is 5.02 Å². The lowest BCUT2D eigenvalue weighted by Gasteiger charge is -2.23. The first-order valence-corrected chi connectivity index (χ1v) is 14.1. The maximum atomic E-state index is 13.0. The van der Waals surface area contributed by atoms with Gasteiger partial charge in [0.2, 0.25) is 5.91 Å². The molecule has 0 spiro atoms. The van der Waals surface area contributed by atoms with Crippen molar-refractivity contribution in [2.75, 3.05) is 31.6 Å². The van der Waals surface area contributed by atoms with E-state index >= 15 is 0 Å². The molecule has 2 rings (SSSR count). The number of hydrogen-bond acceptors (Lipinski definition) is 6. The van der Waals surface area contributed by atoms with Gasteiger partial charge < -0.3 is 25.0 Å². The minimum Gasteiger partial charge on any atom is -0.460 e.